The van der Waals surface area contributed by atoms with Gasteiger partial charge in [0.1, 0.15) is 0 Å². The van der Waals surface area contributed by atoms with E-state index in [2.05, 4.69) is 0 Å². The Morgan fingerprint density at radius 3 is 1.47 bits per heavy atom. The van der Waals surface area contributed by atoms with Crippen LogP contribution in [0.4, 0.5) is 0 Å². The third-order valence-corrected chi connectivity index (χ3v) is 8.09. The second-order valence-electron chi connectivity index (χ2n) is 10.2. The normalized spacial score (nSPS) is 37.5. The molecule has 4 atom stereocenters. The van der Waals surface area contributed by atoms with Crippen LogP contribution in [0.3, 0.4) is 0 Å². The van der Waals surface area contributed by atoms with E-state index < -0.39 is 17.0 Å². The van der Waals surface area contributed by atoms with Crippen LogP contribution in [-0.4, -0.2) is 27.2 Å². The summed E-state index contributed by atoms with van der Waals surface area (Å²) in [7, 11) is 0. The molecule has 0 spiro atoms. The van der Waals surface area contributed by atoms with Gasteiger partial charge in [0, 0.05) is 11.8 Å². The molecule has 2 N–H and O–H groups in total. The third kappa shape index (κ3) is 4.43. The summed E-state index contributed by atoms with van der Waals surface area (Å²) >= 11 is 0. The summed E-state index contributed by atoms with van der Waals surface area (Å²) < 4.78 is 0. The first-order valence-electron chi connectivity index (χ1n) is 12.2. The van der Waals surface area contributed by atoms with E-state index in [1.807, 2.05) is 24.3 Å². The summed E-state index contributed by atoms with van der Waals surface area (Å²) in [6.45, 7) is 0. The first kappa shape index (κ1) is 21.8. The molecule has 4 aliphatic carbocycles. The fourth-order valence-electron chi connectivity index (χ4n) is 6.23. The minimum absolute atomic E-state index is 0.267. The van der Waals surface area contributed by atoms with Crippen molar-refractivity contribution in [2.45, 2.75) is 88.3 Å². The molecule has 0 saturated heterocycles. The lowest BCUT2D eigenvalue weighted by Crippen LogP contribution is -2.58. The molecule has 2 fully saturated rings. The number of carbonyl (C=O) groups excluding carboxylic acids is 1. The third-order valence-electron chi connectivity index (χ3n) is 8.09. The number of carbonyl (C=O) groups is 1. The van der Waals surface area contributed by atoms with Crippen LogP contribution in [0.25, 0.3) is 0 Å². The molecule has 0 amide bonds. The molecule has 0 aromatic rings. The van der Waals surface area contributed by atoms with Crippen LogP contribution in [0.5, 0.6) is 0 Å². The molecule has 0 heterocycles. The Hall–Kier alpha value is -1.45. The minimum atomic E-state index is -1.64. The predicted molar refractivity (Wildman–Crippen MR) is 121 cm³/mol. The number of rotatable bonds is 6. The molecule has 2 saturated carbocycles. The van der Waals surface area contributed by atoms with Gasteiger partial charge in [-0.15, -0.1) is 0 Å². The summed E-state index contributed by atoms with van der Waals surface area (Å²) in [5.41, 5.74) is -3.28. The van der Waals surface area contributed by atoms with E-state index in [1.54, 1.807) is 24.3 Å². The molecule has 164 valence electrons. The van der Waals surface area contributed by atoms with E-state index in [9.17, 15) is 15.0 Å². The molecule has 0 bridgehead atoms. The van der Waals surface area contributed by atoms with Gasteiger partial charge >= 0.3 is 0 Å². The second-order valence-corrected chi connectivity index (χ2v) is 10.2. The Morgan fingerprint density at radius 1 is 0.667 bits per heavy atom. The van der Waals surface area contributed by atoms with E-state index >= 15 is 0 Å². The SMILES string of the molecule is O=C(C1(O)C=CC=CC1CC1CCCCC1)C1(O)C=CC=CC1CC1CCCCC1. The lowest BCUT2D eigenvalue weighted by molar-refractivity contribution is -0.155. The van der Waals surface area contributed by atoms with Crippen LogP contribution >= 0.6 is 0 Å². The van der Waals surface area contributed by atoms with Crippen molar-refractivity contribution in [1.29, 1.82) is 0 Å². The van der Waals surface area contributed by atoms with Gasteiger partial charge in [-0.05, 0) is 36.8 Å². The maximum absolute atomic E-state index is 13.8. The highest BCUT2D eigenvalue weighted by Gasteiger charge is 2.53. The monoisotopic (exact) mass is 410 g/mol. The Morgan fingerprint density at radius 2 is 1.07 bits per heavy atom. The standard InChI is InChI=1S/C27H38O3/c28-25(26(29)17-9-7-15-23(26)19-21-11-3-1-4-12-21)27(30)18-10-8-16-24(27)20-22-13-5-2-6-14-22/h7-10,15-18,21-24,29-30H,1-6,11-14,19-20H2. The number of Topliss-reactive ketones (excluding diaryl/α,β-unsaturated/α-hetero) is 1. The number of hydrogen-bond donors (Lipinski definition) is 2. The molecule has 30 heavy (non-hydrogen) atoms. The largest absolute Gasteiger partial charge is 0.377 e. The van der Waals surface area contributed by atoms with Crippen molar-refractivity contribution in [3.05, 3.63) is 48.6 Å². The van der Waals surface area contributed by atoms with Gasteiger partial charge in [-0.1, -0.05) is 101 Å². The Bertz CT molecular complexity index is 660. The van der Waals surface area contributed by atoms with Gasteiger partial charge in [0.25, 0.3) is 0 Å². The Kier molecular flexibility index (Phi) is 6.79. The summed E-state index contributed by atoms with van der Waals surface area (Å²) in [5.74, 6) is 0.119. The summed E-state index contributed by atoms with van der Waals surface area (Å²) in [6, 6.07) is 0. The van der Waals surface area contributed by atoms with Crippen LogP contribution in [0.1, 0.15) is 77.0 Å². The first-order chi connectivity index (χ1) is 14.5. The van der Waals surface area contributed by atoms with Gasteiger partial charge in [0.2, 0.25) is 5.78 Å². The number of ketones is 1. The average molecular weight is 411 g/mol. The molecule has 4 rings (SSSR count). The van der Waals surface area contributed by atoms with Crippen LogP contribution < -0.4 is 0 Å². The van der Waals surface area contributed by atoms with E-state index in [1.165, 1.54) is 64.2 Å². The minimum Gasteiger partial charge on any atom is -0.377 e. The van der Waals surface area contributed by atoms with Gasteiger partial charge in [-0.3, -0.25) is 4.79 Å². The maximum Gasteiger partial charge on any atom is 0.204 e. The van der Waals surface area contributed by atoms with Crippen molar-refractivity contribution in [1.82, 2.24) is 0 Å². The van der Waals surface area contributed by atoms with Gasteiger partial charge in [0.15, 0.2) is 11.2 Å². The summed E-state index contributed by atoms with van der Waals surface area (Å²) in [4.78, 5) is 13.8. The number of allylic oxidation sites excluding steroid dienone is 4. The predicted octanol–water partition coefficient (Wildman–Crippen LogP) is 5.44. The molecule has 3 nitrogen and oxygen atoms in total. The fourth-order valence-corrected chi connectivity index (χ4v) is 6.23. The number of hydrogen-bond acceptors (Lipinski definition) is 3. The van der Waals surface area contributed by atoms with Crippen LogP contribution in [-0.2, 0) is 4.79 Å². The molecule has 4 unspecified atom stereocenters. The summed E-state index contributed by atoms with van der Waals surface area (Å²) in [6.07, 6.45) is 28.5. The highest BCUT2D eigenvalue weighted by Crippen LogP contribution is 2.42. The quantitative estimate of drug-likeness (QED) is 0.613. The first-order valence-corrected chi connectivity index (χ1v) is 12.2. The van der Waals surface area contributed by atoms with Gasteiger partial charge in [0.05, 0.1) is 0 Å². The smallest absolute Gasteiger partial charge is 0.204 e. The van der Waals surface area contributed by atoms with Gasteiger partial charge < -0.3 is 10.2 Å². The van der Waals surface area contributed by atoms with Gasteiger partial charge in [-0.25, -0.2) is 0 Å². The Balaban J connectivity index is 1.54. The van der Waals surface area contributed by atoms with Crippen molar-refractivity contribution in [2.75, 3.05) is 0 Å². The van der Waals surface area contributed by atoms with Crippen molar-refractivity contribution in [3.63, 3.8) is 0 Å². The van der Waals surface area contributed by atoms with E-state index in [0.29, 0.717) is 11.8 Å². The highest BCUT2D eigenvalue weighted by atomic mass is 16.3. The molecule has 0 aliphatic heterocycles. The molecule has 0 radical (unpaired) electrons. The highest BCUT2D eigenvalue weighted by molar-refractivity contribution is 5.99. The average Bonchev–Trinajstić information content (AvgIpc) is 2.78. The maximum atomic E-state index is 13.8. The molecule has 0 aromatic heterocycles. The lowest BCUT2D eigenvalue weighted by Gasteiger charge is -2.43. The molecule has 3 heteroatoms. The molecule has 0 aromatic carbocycles. The second kappa shape index (κ2) is 9.36. The molecule has 4 aliphatic rings. The van der Waals surface area contributed by atoms with Crippen LogP contribution in [0, 0.1) is 23.7 Å². The summed E-state index contributed by atoms with van der Waals surface area (Å²) in [5, 5.41) is 23.3. The zero-order valence-electron chi connectivity index (χ0n) is 18.2. The van der Waals surface area contributed by atoms with Crippen molar-refractivity contribution in [3.8, 4) is 0 Å². The molecular formula is C27H38O3. The zero-order chi connectivity index (χ0) is 21.0. The Labute approximate surface area is 181 Å². The number of aliphatic hydroxyl groups is 2. The fraction of sp³-hybridized carbons (Fsp3) is 0.667. The van der Waals surface area contributed by atoms with E-state index in [4.69, 9.17) is 0 Å². The van der Waals surface area contributed by atoms with Crippen LogP contribution in [0.2, 0.25) is 0 Å². The van der Waals surface area contributed by atoms with E-state index in [0.717, 1.165) is 12.8 Å². The van der Waals surface area contributed by atoms with Crippen molar-refractivity contribution < 1.29 is 15.0 Å². The topological polar surface area (TPSA) is 57.5 Å². The molecular weight excluding hydrogens is 372 g/mol. The zero-order valence-corrected chi connectivity index (χ0v) is 18.2. The van der Waals surface area contributed by atoms with Crippen molar-refractivity contribution in [2.24, 2.45) is 23.7 Å². The van der Waals surface area contributed by atoms with Crippen molar-refractivity contribution >= 4 is 5.78 Å². The van der Waals surface area contributed by atoms with Crippen LogP contribution in [0.15, 0.2) is 48.6 Å². The lowest BCUT2D eigenvalue weighted by atomic mass is 9.65. The van der Waals surface area contributed by atoms with Gasteiger partial charge in [-0.2, -0.15) is 0 Å². The van der Waals surface area contributed by atoms with E-state index in [-0.39, 0.29) is 11.8 Å².